The second-order valence-electron chi connectivity index (χ2n) is 7.38. The molecule has 5 heteroatoms. The number of aromatic amines is 1. The Morgan fingerprint density at radius 1 is 1.20 bits per heavy atom. The molecule has 1 amide bonds. The van der Waals surface area contributed by atoms with E-state index in [0.717, 1.165) is 25.0 Å². The van der Waals surface area contributed by atoms with E-state index in [1.54, 1.807) is 0 Å². The van der Waals surface area contributed by atoms with Gasteiger partial charge in [0.15, 0.2) is 0 Å². The van der Waals surface area contributed by atoms with E-state index in [1.807, 2.05) is 6.07 Å². The standard InChI is InChI=1S/C20H28N4O/c25-20(15-23-10-4-12-24-11-3-5-17(24)14-23)21-9-8-16-13-22-19-7-2-1-6-18(16)19/h1-2,6-7,13,17,22H,3-5,8-12,14-15H2,(H,21,25). The van der Waals surface area contributed by atoms with Crippen LogP contribution in [0.5, 0.6) is 0 Å². The third kappa shape index (κ3) is 3.88. The summed E-state index contributed by atoms with van der Waals surface area (Å²) in [6.45, 7) is 5.78. The number of carbonyl (C=O) groups excluding carboxylic acids is 1. The lowest BCUT2D eigenvalue weighted by atomic mass is 10.1. The molecule has 2 aliphatic heterocycles. The van der Waals surface area contributed by atoms with Crippen molar-refractivity contribution in [1.82, 2.24) is 20.1 Å². The molecule has 2 N–H and O–H groups in total. The number of amides is 1. The molecule has 25 heavy (non-hydrogen) atoms. The van der Waals surface area contributed by atoms with E-state index in [4.69, 9.17) is 0 Å². The van der Waals surface area contributed by atoms with Crippen LogP contribution in [0.15, 0.2) is 30.5 Å². The Kier molecular flexibility index (Phi) is 5.04. The molecule has 2 saturated heterocycles. The predicted molar refractivity (Wildman–Crippen MR) is 101 cm³/mol. The molecule has 3 heterocycles. The monoisotopic (exact) mass is 340 g/mol. The summed E-state index contributed by atoms with van der Waals surface area (Å²) in [5, 5.41) is 4.36. The van der Waals surface area contributed by atoms with Crippen LogP contribution >= 0.6 is 0 Å². The van der Waals surface area contributed by atoms with E-state index in [-0.39, 0.29) is 5.91 Å². The van der Waals surface area contributed by atoms with Gasteiger partial charge in [-0.3, -0.25) is 14.6 Å². The number of aromatic nitrogens is 1. The van der Waals surface area contributed by atoms with Gasteiger partial charge >= 0.3 is 0 Å². The van der Waals surface area contributed by atoms with Gasteiger partial charge < -0.3 is 10.3 Å². The summed E-state index contributed by atoms with van der Waals surface area (Å²) >= 11 is 0. The van der Waals surface area contributed by atoms with Crippen LogP contribution < -0.4 is 5.32 Å². The zero-order chi connectivity index (χ0) is 17.1. The maximum atomic E-state index is 12.3. The molecule has 0 radical (unpaired) electrons. The van der Waals surface area contributed by atoms with Gasteiger partial charge in [0.1, 0.15) is 0 Å². The van der Waals surface area contributed by atoms with Crippen LogP contribution in [0.4, 0.5) is 0 Å². The third-order valence-corrected chi connectivity index (χ3v) is 5.65. The van der Waals surface area contributed by atoms with Gasteiger partial charge in [-0.2, -0.15) is 0 Å². The molecule has 0 saturated carbocycles. The minimum atomic E-state index is 0.159. The molecule has 2 aliphatic rings. The number of hydrogen-bond donors (Lipinski definition) is 2. The molecule has 1 atom stereocenters. The molecule has 5 nitrogen and oxygen atoms in total. The lowest BCUT2D eigenvalue weighted by Gasteiger charge is -2.25. The van der Waals surface area contributed by atoms with Gasteiger partial charge in [0, 0.05) is 36.2 Å². The smallest absolute Gasteiger partial charge is 0.234 e. The molecule has 1 aromatic heterocycles. The highest BCUT2D eigenvalue weighted by atomic mass is 16.2. The average Bonchev–Trinajstić information content (AvgIpc) is 3.18. The topological polar surface area (TPSA) is 51.4 Å². The molecule has 0 spiro atoms. The molecule has 2 aromatic rings. The molecule has 2 fully saturated rings. The highest BCUT2D eigenvalue weighted by Crippen LogP contribution is 2.21. The van der Waals surface area contributed by atoms with Gasteiger partial charge in [-0.25, -0.2) is 0 Å². The highest BCUT2D eigenvalue weighted by molar-refractivity contribution is 5.83. The molecule has 1 aromatic carbocycles. The van der Waals surface area contributed by atoms with Crippen LogP contribution in [0.2, 0.25) is 0 Å². The highest BCUT2D eigenvalue weighted by Gasteiger charge is 2.29. The fourth-order valence-corrected chi connectivity index (χ4v) is 4.36. The number of fused-ring (bicyclic) bond motifs is 2. The number of nitrogens with zero attached hydrogens (tertiary/aromatic N) is 2. The number of H-pyrrole nitrogens is 1. The molecule has 1 unspecified atom stereocenters. The zero-order valence-corrected chi connectivity index (χ0v) is 14.8. The van der Waals surface area contributed by atoms with Gasteiger partial charge in [0.2, 0.25) is 5.91 Å². The van der Waals surface area contributed by atoms with Gasteiger partial charge in [-0.1, -0.05) is 18.2 Å². The fraction of sp³-hybridized carbons (Fsp3) is 0.550. The fourth-order valence-electron chi connectivity index (χ4n) is 4.36. The zero-order valence-electron chi connectivity index (χ0n) is 14.8. The maximum absolute atomic E-state index is 12.3. The first-order chi connectivity index (χ1) is 12.3. The Morgan fingerprint density at radius 2 is 2.08 bits per heavy atom. The van der Waals surface area contributed by atoms with Crippen molar-refractivity contribution in [3.8, 4) is 0 Å². The van der Waals surface area contributed by atoms with Gasteiger partial charge in [-0.05, 0) is 56.9 Å². The van der Waals surface area contributed by atoms with Crippen molar-refractivity contribution in [2.75, 3.05) is 39.3 Å². The molecule has 0 bridgehead atoms. The Balaban J connectivity index is 1.25. The van der Waals surface area contributed by atoms with Crippen molar-refractivity contribution < 1.29 is 4.79 Å². The predicted octanol–water partition coefficient (Wildman–Crippen LogP) is 2.00. The number of rotatable bonds is 5. The van der Waals surface area contributed by atoms with Crippen LogP contribution in [0, 0.1) is 0 Å². The number of para-hydroxylation sites is 1. The Labute approximate surface area is 149 Å². The molecular formula is C20H28N4O. The quantitative estimate of drug-likeness (QED) is 0.875. The van der Waals surface area contributed by atoms with E-state index >= 15 is 0 Å². The SMILES string of the molecule is O=C(CN1CCCN2CCCC2C1)NCCc1c[nH]c2ccccc12. The van der Waals surface area contributed by atoms with Crippen LogP contribution in [-0.2, 0) is 11.2 Å². The van der Waals surface area contributed by atoms with Gasteiger partial charge in [-0.15, -0.1) is 0 Å². The first-order valence-electron chi connectivity index (χ1n) is 9.58. The first-order valence-corrected chi connectivity index (χ1v) is 9.58. The largest absolute Gasteiger partial charge is 0.361 e. The maximum Gasteiger partial charge on any atom is 0.234 e. The normalized spacial score (nSPS) is 22.0. The Hall–Kier alpha value is -1.85. The van der Waals surface area contributed by atoms with Crippen molar-refractivity contribution in [3.05, 3.63) is 36.0 Å². The van der Waals surface area contributed by atoms with E-state index in [0.29, 0.717) is 19.1 Å². The van der Waals surface area contributed by atoms with Crippen molar-refractivity contribution in [2.24, 2.45) is 0 Å². The summed E-state index contributed by atoms with van der Waals surface area (Å²) in [7, 11) is 0. The second kappa shape index (κ2) is 7.58. The first kappa shape index (κ1) is 16.6. The van der Waals surface area contributed by atoms with Gasteiger partial charge in [0.25, 0.3) is 0 Å². The van der Waals surface area contributed by atoms with E-state index in [9.17, 15) is 4.79 Å². The average molecular weight is 340 g/mol. The van der Waals surface area contributed by atoms with Crippen LogP contribution in [0.1, 0.15) is 24.8 Å². The van der Waals surface area contributed by atoms with Crippen molar-refractivity contribution >= 4 is 16.8 Å². The third-order valence-electron chi connectivity index (χ3n) is 5.65. The second-order valence-corrected chi connectivity index (χ2v) is 7.38. The molecule has 4 rings (SSSR count). The number of carbonyl (C=O) groups is 1. The summed E-state index contributed by atoms with van der Waals surface area (Å²) in [6.07, 6.45) is 6.71. The van der Waals surface area contributed by atoms with Crippen molar-refractivity contribution in [1.29, 1.82) is 0 Å². The van der Waals surface area contributed by atoms with Crippen molar-refractivity contribution in [3.63, 3.8) is 0 Å². The van der Waals surface area contributed by atoms with Crippen LogP contribution in [0.3, 0.4) is 0 Å². The van der Waals surface area contributed by atoms with Crippen LogP contribution in [-0.4, -0.2) is 66.0 Å². The number of nitrogens with one attached hydrogen (secondary N) is 2. The van der Waals surface area contributed by atoms with Crippen LogP contribution in [0.25, 0.3) is 10.9 Å². The van der Waals surface area contributed by atoms with Crippen molar-refractivity contribution in [2.45, 2.75) is 31.7 Å². The summed E-state index contributed by atoms with van der Waals surface area (Å²) in [6, 6.07) is 8.99. The lowest BCUT2D eigenvalue weighted by Crippen LogP contribution is -2.42. The summed E-state index contributed by atoms with van der Waals surface area (Å²) in [5.74, 6) is 0.159. The Bertz CT molecular complexity index is 725. The van der Waals surface area contributed by atoms with E-state index < -0.39 is 0 Å². The minimum absolute atomic E-state index is 0.159. The Morgan fingerprint density at radius 3 is 3.04 bits per heavy atom. The number of hydrogen-bond acceptors (Lipinski definition) is 3. The number of benzene rings is 1. The minimum Gasteiger partial charge on any atom is -0.361 e. The molecular weight excluding hydrogens is 312 g/mol. The summed E-state index contributed by atoms with van der Waals surface area (Å²) < 4.78 is 0. The van der Waals surface area contributed by atoms with E-state index in [1.165, 1.54) is 43.3 Å². The van der Waals surface area contributed by atoms with Gasteiger partial charge in [0.05, 0.1) is 6.54 Å². The summed E-state index contributed by atoms with van der Waals surface area (Å²) in [5.41, 5.74) is 2.43. The molecule has 0 aliphatic carbocycles. The van der Waals surface area contributed by atoms with E-state index in [2.05, 4.69) is 44.5 Å². The molecule has 134 valence electrons. The summed E-state index contributed by atoms with van der Waals surface area (Å²) in [4.78, 5) is 20.6. The lowest BCUT2D eigenvalue weighted by molar-refractivity contribution is -0.122.